The molecule has 0 fully saturated rings. The number of hydrogen-bond donors (Lipinski definition) is 1. The van der Waals surface area contributed by atoms with Gasteiger partial charge in [0.1, 0.15) is 0 Å². The molecule has 1 heterocycles. The van der Waals surface area contributed by atoms with Gasteiger partial charge >= 0.3 is 0 Å². The number of hydrogen-bond acceptors (Lipinski definition) is 2. The van der Waals surface area contributed by atoms with Gasteiger partial charge in [0, 0.05) is 6.04 Å². The summed E-state index contributed by atoms with van der Waals surface area (Å²) in [5.74, 6) is 0. The second-order valence-corrected chi connectivity index (χ2v) is 5.19. The molecule has 0 aliphatic carbocycles. The van der Waals surface area contributed by atoms with Crippen molar-refractivity contribution in [2.24, 2.45) is 0 Å². The van der Waals surface area contributed by atoms with Gasteiger partial charge in [-0.1, -0.05) is 24.3 Å². The summed E-state index contributed by atoms with van der Waals surface area (Å²) in [5, 5.41) is 7.94. The van der Waals surface area contributed by atoms with E-state index in [9.17, 15) is 0 Å². The van der Waals surface area contributed by atoms with Gasteiger partial charge in [-0.05, 0) is 60.3 Å². The molecule has 1 atom stereocenters. The summed E-state index contributed by atoms with van der Waals surface area (Å²) < 4.78 is 0. The predicted octanol–water partition coefficient (Wildman–Crippen LogP) is 3.95. The summed E-state index contributed by atoms with van der Waals surface area (Å²) in [7, 11) is 0. The minimum Gasteiger partial charge on any atom is -0.310 e. The average Bonchev–Trinajstić information content (AvgIpc) is 2.82. The van der Waals surface area contributed by atoms with Crippen LogP contribution in [0.2, 0.25) is 0 Å². The lowest BCUT2D eigenvalue weighted by Gasteiger charge is -2.16. The van der Waals surface area contributed by atoms with Gasteiger partial charge in [0.25, 0.3) is 0 Å². The van der Waals surface area contributed by atoms with Crippen molar-refractivity contribution in [3.63, 3.8) is 0 Å². The average molecular weight is 245 g/mol. The largest absolute Gasteiger partial charge is 0.310 e. The van der Waals surface area contributed by atoms with Crippen molar-refractivity contribution in [2.45, 2.75) is 26.3 Å². The molecule has 90 valence electrons. The van der Waals surface area contributed by atoms with Crippen molar-refractivity contribution >= 4 is 11.3 Å². The van der Waals surface area contributed by atoms with E-state index in [1.807, 2.05) is 0 Å². The number of aryl methyl sites for hydroxylation is 1. The summed E-state index contributed by atoms with van der Waals surface area (Å²) in [6.07, 6.45) is 1.11. The molecule has 1 nitrogen and oxygen atoms in total. The first kappa shape index (κ1) is 12.3. The monoisotopic (exact) mass is 245 g/mol. The van der Waals surface area contributed by atoms with E-state index in [4.69, 9.17) is 0 Å². The quantitative estimate of drug-likeness (QED) is 0.841. The lowest BCUT2D eigenvalue weighted by atomic mass is 10.0. The molecule has 0 saturated heterocycles. The normalized spacial score (nSPS) is 12.6. The Balaban J connectivity index is 1.85. The van der Waals surface area contributed by atoms with Crippen molar-refractivity contribution < 1.29 is 0 Å². The third-order valence-corrected chi connectivity index (χ3v) is 3.83. The molecule has 0 saturated carbocycles. The van der Waals surface area contributed by atoms with Crippen LogP contribution in [0.4, 0.5) is 0 Å². The van der Waals surface area contributed by atoms with Gasteiger partial charge in [0.05, 0.1) is 0 Å². The highest BCUT2D eigenvalue weighted by Gasteiger charge is 2.06. The van der Waals surface area contributed by atoms with E-state index < -0.39 is 0 Å². The Bertz CT molecular complexity index is 448. The van der Waals surface area contributed by atoms with Crippen molar-refractivity contribution in [3.05, 3.63) is 57.8 Å². The zero-order valence-electron chi connectivity index (χ0n) is 10.4. The zero-order chi connectivity index (χ0) is 12.1. The molecular formula is C15H19NS. The van der Waals surface area contributed by atoms with Gasteiger partial charge in [0.15, 0.2) is 0 Å². The summed E-state index contributed by atoms with van der Waals surface area (Å²) >= 11 is 1.77. The lowest BCUT2D eigenvalue weighted by molar-refractivity contribution is 0.575. The van der Waals surface area contributed by atoms with Gasteiger partial charge in [0.2, 0.25) is 0 Å². The third-order valence-electron chi connectivity index (χ3n) is 3.10. The highest BCUT2D eigenvalue weighted by molar-refractivity contribution is 7.07. The molecule has 2 aromatic rings. The van der Waals surface area contributed by atoms with Crippen molar-refractivity contribution in [1.29, 1.82) is 0 Å². The number of benzene rings is 1. The van der Waals surface area contributed by atoms with E-state index in [1.54, 1.807) is 11.3 Å². The van der Waals surface area contributed by atoms with Crippen molar-refractivity contribution in [1.82, 2.24) is 5.32 Å². The first-order chi connectivity index (χ1) is 8.27. The Morgan fingerprint density at radius 1 is 1.24 bits per heavy atom. The molecule has 2 heteroatoms. The maximum Gasteiger partial charge on any atom is 0.0294 e. The molecule has 0 amide bonds. The van der Waals surface area contributed by atoms with Gasteiger partial charge in [-0.15, -0.1) is 0 Å². The van der Waals surface area contributed by atoms with Gasteiger partial charge in [-0.3, -0.25) is 0 Å². The van der Waals surface area contributed by atoms with Crippen LogP contribution < -0.4 is 5.32 Å². The van der Waals surface area contributed by atoms with Crippen LogP contribution in [0.3, 0.4) is 0 Å². The van der Waals surface area contributed by atoms with E-state index in [1.165, 1.54) is 16.7 Å². The Morgan fingerprint density at radius 3 is 2.76 bits per heavy atom. The number of thiophene rings is 1. The highest BCUT2D eigenvalue weighted by atomic mass is 32.1. The predicted molar refractivity (Wildman–Crippen MR) is 75.6 cm³/mol. The molecule has 2 rings (SSSR count). The molecular weight excluding hydrogens is 226 g/mol. The SMILES string of the molecule is Cc1ccccc1[C@@H](C)NCCc1ccsc1. The fraction of sp³-hybridized carbons (Fsp3) is 0.333. The van der Waals surface area contributed by atoms with Crippen molar-refractivity contribution in [3.8, 4) is 0 Å². The minimum atomic E-state index is 0.426. The first-order valence-electron chi connectivity index (χ1n) is 6.07. The molecule has 0 aliphatic heterocycles. The summed E-state index contributed by atoms with van der Waals surface area (Å²) in [4.78, 5) is 0. The molecule has 0 aliphatic rings. The fourth-order valence-electron chi connectivity index (χ4n) is 2.05. The third kappa shape index (κ3) is 3.42. The van der Waals surface area contributed by atoms with Crippen LogP contribution in [0.1, 0.15) is 29.7 Å². The van der Waals surface area contributed by atoms with E-state index in [0.29, 0.717) is 6.04 Å². The Labute approximate surface area is 108 Å². The molecule has 1 aromatic carbocycles. The van der Waals surface area contributed by atoms with E-state index >= 15 is 0 Å². The molecule has 0 unspecified atom stereocenters. The summed E-state index contributed by atoms with van der Waals surface area (Å²) in [6.45, 7) is 5.44. The van der Waals surface area contributed by atoms with Crippen LogP contribution in [-0.4, -0.2) is 6.54 Å². The van der Waals surface area contributed by atoms with E-state index in [-0.39, 0.29) is 0 Å². The molecule has 1 aromatic heterocycles. The Kier molecular flexibility index (Phi) is 4.35. The van der Waals surface area contributed by atoms with Crippen molar-refractivity contribution in [2.75, 3.05) is 6.54 Å². The second kappa shape index (κ2) is 5.99. The van der Waals surface area contributed by atoms with Gasteiger partial charge < -0.3 is 5.32 Å². The topological polar surface area (TPSA) is 12.0 Å². The number of nitrogens with one attached hydrogen (secondary N) is 1. The van der Waals surface area contributed by atoms with Gasteiger partial charge in [-0.2, -0.15) is 11.3 Å². The van der Waals surface area contributed by atoms with E-state index in [2.05, 4.69) is 60.3 Å². The van der Waals surface area contributed by atoms with Crippen LogP contribution >= 0.6 is 11.3 Å². The Hall–Kier alpha value is -1.12. The van der Waals surface area contributed by atoms with Crippen LogP contribution in [0.5, 0.6) is 0 Å². The molecule has 17 heavy (non-hydrogen) atoms. The maximum absolute atomic E-state index is 3.58. The smallest absolute Gasteiger partial charge is 0.0294 e. The standard InChI is InChI=1S/C15H19NS/c1-12-5-3-4-6-15(12)13(2)16-9-7-14-8-10-17-11-14/h3-6,8,10-11,13,16H,7,9H2,1-2H3/t13-/m1/s1. The van der Waals surface area contributed by atoms with Crippen LogP contribution in [0.15, 0.2) is 41.1 Å². The summed E-state index contributed by atoms with van der Waals surface area (Å²) in [5.41, 5.74) is 4.19. The zero-order valence-corrected chi connectivity index (χ0v) is 11.3. The first-order valence-corrected chi connectivity index (χ1v) is 7.01. The highest BCUT2D eigenvalue weighted by Crippen LogP contribution is 2.16. The van der Waals surface area contributed by atoms with E-state index in [0.717, 1.165) is 13.0 Å². The molecule has 0 bridgehead atoms. The lowest BCUT2D eigenvalue weighted by Crippen LogP contribution is -2.21. The summed E-state index contributed by atoms with van der Waals surface area (Å²) in [6, 6.07) is 11.2. The second-order valence-electron chi connectivity index (χ2n) is 4.41. The Morgan fingerprint density at radius 2 is 2.06 bits per heavy atom. The van der Waals surface area contributed by atoms with Gasteiger partial charge in [-0.25, -0.2) is 0 Å². The molecule has 0 radical (unpaired) electrons. The fourth-order valence-corrected chi connectivity index (χ4v) is 2.75. The van der Waals surface area contributed by atoms with Crippen LogP contribution in [0.25, 0.3) is 0 Å². The maximum atomic E-state index is 3.58. The van der Waals surface area contributed by atoms with Crippen LogP contribution in [-0.2, 0) is 6.42 Å². The minimum absolute atomic E-state index is 0.426. The number of rotatable bonds is 5. The molecule has 1 N–H and O–H groups in total. The van der Waals surface area contributed by atoms with Crippen LogP contribution in [0, 0.1) is 6.92 Å². The molecule has 0 spiro atoms.